The van der Waals surface area contributed by atoms with Crippen LogP contribution in [0, 0.1) is 5.92 Å². The fourth-order valence-corrected chi connectivity index (χ4v) is 4.63. The third-order valence-electron chi connectivity index (χ3n) is 6.55. The number of unbranched alkanes of at least 4 members (excludes halogenated alkanes) is 2. The van der Waals surface area contributed by atoms with E-state index in [0.717, 1.165) is 24.8 Å². The molecular weight excluding hydrogens is 532 g/mol. The number of carbonyl (C=O) groups is 4. The number of aliphatic carboxylic acids is 1. The minimum Gasteiger partial charge on any atom is -0.494 e. The number of carboxylic acid groups (broad SMARTS) is 1. The van der Waals surface area contributed by atoms with Crippen LogP contribution in [0.15, 0.2) is 34.7 Å². The van der Waals surface area contributed by atoms with Gasteiger partial charge in [-0.1, -0.05) is 33.1 Å². The first kappa shape index (κ1) is 33.3. The number of rotatable bonds is 19. The third-order valence-corrected chi connectivity index (χ3v) is 6.55. The molecule has 0 bridgehead atoms. The van der Waals surface area contributed by atoms with Crippen molar-refractivity contribution in [2.24, 2.45) is 5.92 Å². The number of nitrogens with one attached hydrogen (secondary N) is 2. The summed E-state index contributed by atoms with van der Waals surface area (Å²) in [6.45, 7) is 6.21. The van der Waals surface area contributed by atoms with E-state index >= 15 is 0 Å². The van der Waals surface area contributed by atoms with Crippen LogP contribution < -0.4 is 15.4 Å². The molecule has 1 aromatic carbocycles. The Balaban J connectivity index is 2.08. The molecule has 0 saturated carbocycles. The summed E-state index contributed by atoms with van der Waals surface area (Å²) >= 11 is 0. The third kappa shape index (κ3) is 10.5. The molecule has 4 N–H and O–H groups in total. The molecule has 226 valence electrons. The van der Waals surface area contributed by atoms with Crippen LogP contribution in [0.4, 0.5) is 0 Å². The summed E-state index contributed by atoms with van der Waals surface area (Å²) in [4.78, 5) is 49.5. The van der Waals surface area contributed by atoms with Crippen LogP contribution >= 0.6 is 0 Å². The molecule has 2 rings (SSSR count). The lowest BCUT2D eigenvalue weighted by molar-refractivity contribution is -0.168. The minimum absolute atomic E-state index is 0.0361. The number of hydrogen-bond donors (Lipinski definition) is 4. The monoisotopic (exact) mass is 574 g/mol. The van der Waals surface area contributed by atoms with Gasteiger partial charge in [0.05, 0.1) is 31.8 Å². The normalized spacial score (nSPS) is 12.4. The van der Waals surface area contributed by atoms with Crippen molar-refractivity contribution in [1.82, 2.24) is 20.6 Å². The quantitative estimate of drug-likeness (QED) is 0.0647. The molecule has 1 aromatic heterocycles. The molecule has 0 fully saturated rings. The van der Waals surface area contributed by atoms with E-state index in [1.165, 1.54) is 6.07 Å². The molecule has 12 heteroatoms. The lowest BCUT2D eigenvalue weighted by Crippen LogP contribution is -2.47. The van der Waals surface area contributed by atoms with Gasteiger partial charge in [0.15, 0.2) is 5.76 Å². The lowest BCUT2D eigenvalue weighted by atomic mass is 9.90. The van der Waals surface area contributed by atoms with Gasteiger partial charge < -0.3 is 24.9 Å². The van der Waals surface area contributed by atoms with Gasteiger partial charge in [0.2, 0.25) is 12.3 Å². The fraction of sp³-hybridized carbons (Fsp3) is 0.517. The van der Waals surface area contributed by atoms with Gasteiger partial charge in [0.1, 0.15) is 11.5 Å². The molecule has 0 aliphatic rings. The Labute approximate surface area is 240 Å². The van der Waals surface area contributed by atoms with Crippen molar-refractivity contribution in [1.29, 1.82) is 0 Å². The summed E-state index contributed by atoms with van der Waals surface area (Å²) in [5.74, 6) is -1.43. The van der Waals surface area contributed by atoms with Crippen LogP contribution in [0.1, 0.15) is 69.0 Å². The van der Waals surface area contributed by atoms with E-state index in [-0.39, 0.29) is 24.9 Å². The van der Waals surface area contributed by atoms with Crippen LogP contribution in [0.5, 0.6) is 5.75 Å². The van der Waals surface area contributed by atoms with E-state index in [4.69, 9.17) is 14.3 Å². The Morgan fingerprint density at radius 1 is 1.10 bits per heavy atom. The second-order valence-corrected chi connectivity index (χ2v) is 9.82. The molecule has 2 unspecified atom stereocenters. The Hall–Kier alpha value is -3.90. The van der Waals surface area contributed by atoms with Gasteiger partial charge in [-0.25, -0.2) is 5.06 Å². The zero-order valence-electron chi connectivity index (χ0n) is 24.2. The van der Waals surface area contributed by atoms with Crippen molar-refractivity contribution in [3.8, 4) is 17.1 Å². The van der Waals surface area contributed by atoms with E-state index in [9.17, 15) is 24.4 Å². The van der Waals surface area contributed by atoms with Crippen molar-refractivity contribution >= 4 is 24.2 Å². The van der Waals surface area contributed by atoms with E-state index < -0.39 is 23.8 Å². The number of ether oxygens (including phenoxy) is 1. The molecular formula is C29H42N4O8. The van der Waals surface area contributed by atoms with E-state index in [2.05, 4.69) is 10.6 Å². The largest absolute Gasteiger partial charge is 0.494 e. The predicted octanol–water partition coefficient (Wildman–Crippen LogP) is 3.49. The number of carbonyl (C=O) groups excluding carboxylic acids is 3. The lowest BCUT2D eigenvalue weighted by Gasteiger charge is -2.29. The maximum absolute atomic E-state index is 12.9. The molecule has 0 radical (unpaired) electrons. The van der Waals surface area contributed by atoms with Gasteiger partial charge in [0, 0.05) is 12.1 Å². The van der Waals surface area contributed by atoms with Crippen molar-refractivity contribution in [2.45, 2.75) is 65.5 Å². The number of furan rings is 1. The minimum atomic E-state index is -0.930. The molecule has 1 heterocycles. The Morgan fingerprint density at radius 2 is 1.85 bits per heavy atom. The van der Waals surface area contributed by atoms with Gasteiger partial charge in [-0.2, -0.15) is 0 Å². The molecule has 12 nitrogen and oxygen atoms in total. The summed E-state index contributed by atoms with van der Waals surface area (Å²) in [6.07, 6.45) is 3.82. The standard InChI is InChI=1S/C29H42N4O8/c1-5-8-9-10-23(24(6-2)33(39)19-34)28(37)30-18-31-29(38)26-12-11-25(41-26)21-13-20(14-22(15-21)40-7-3)16-32(4)17-27(35)36/h11-15,19,23-24,39H,5-10,16-18H2,1-4H3,(H,30,37)(H,31,38)(H,35,36). The maximum Gasteiger partial charge on any atom is 0.317 e. The van der Waals surface area contributed by atoms with Gasteiger partial charge in [0.25, 0.3) is 5.91 Å². The van der Waals surface area contributed by atoms with E-state index in [1.807, 2.05) is 26.0 Å². The number of amides is 3. The first-order valence-electron chi connectivity index (χ1n) is 13.9. The van der Waals surface area contributed by atoms with Crippen molar-refractivity contribution in [3.63, 3.8) is 0 Å². The highest BCUT2D eigenvalue weighted by atomic mass is 16.5. The zero-order valence-corrected chi connectivity index (χ0v) is 24.2. The molecule has 0 aliphatic carbocycles. The summed E-state index contributed by atoms with van der Waals surface area (Å²) in [7, 11) is 1.70. The summed E-state index contributed by atoms with van der Waals surface area (Å²) in [5, 5.41) is 24.8. The predicted molar refractivity (Wildman–Crippen MR) is 151 cm³/mol. The van der Waals surface area contributed by atoms with Gasteiger partial charge >= 0.3 is 5.97 Å². The van der Waals surface area contributed by atoms with Gasteiger partial charge in [-0.15, -0.1) is 0 Å². The average molecular weight is 575 g/mol. The number of hydrogen-bond acceptors (Lipinski definition) is 8. The smallest absolute Gasteiger partial charge is 0.317 e. The maximum atomic E-state index is 12.9. The number of carboxylic acids is 1. The molecule has 0 aliphatic heterocycles. The van der Waals surface area contributed by atoms with Crippen molar-refractivity contribution in [2.75, 3.05) is 26.9 Å². The second-order valence-electron chi connectivity index (χ2n) is 9.82. The number of likely N-dealkylation sites (N-methyl/N-ethyl adjacent to an activating group) is 1. The highest BCUT2D eigenvalue weighted by molar-refractivity contribution is 5.92. The molecule has 0 spiro atoms. The summed E-state index contributed by atoms with van der Waals surface area (Å²) in [6, 6.07) is 7.94. The first-order valence-corrected chi connectivity index (χ1v) is 13.9. The number of hydroxylamine groups is 2. The molecule has 2 atom stereocenters. The highest BCUT2D eigenvalue weighted by Gasteiger charge is 2.30. The van der Waals surface area contributed by atoms with Crippen LogP contribution in [0.3, 0.4) is 0 Å². The van der Waals surface area contributed by atoms with Crippen LogP contribution in [-0.2, 0) is 20.9 Å². The zero-order chi connectivity index (χ0) is 30.4. The van der Waals surface area contributed by atoms with E-state index in [0.29, 0.717) is 54.5 Å². The number of benzene rings is 1. The number of nitrogens with zero attached hydrogens (tertiary/aromatic N) is 2. The highest BCUT2D eigenvalue weighted by Crippen LogP contribution is 2.28. The van der Waals surface area contributed by atoms with E-state index in [1.54, 1.807) is 31.0 Å². The molecule has 3 amide bonds. The summed E-state index contributed by atoms with van der Waals surface area (Å²) in [5.41, 5.74) is 1.47. The Kier molecular flexibility index (Phi) is 13.8. The van der Waals surface area contributed by atoms with Crippen LogP contribution in [-0.4, -0.2) is 77.4 Å². The first-order chi connectivity index (χ1) is 19.6. The van der Waals surface area contributed by atoms with Crippen LogP contribution in [0.2, 0.25) is 0 Å². The molecule has 2 aromatic rings. The fourth-order valence-electron chi connectivity index (χ4n) is 4.63. The van der Waals surface area contributed by atoms with Crippen LogP contribution in [0.25, 0.3) is 11.3 Å². The Bertz CT molecular complexity index is 1150. The average Bonchev–Trinajstić information content (AvgIpc) is 3.42. The Morgan fingerprint density at radius 3 is 2.49 bits per heavy atom. The summed E-state index contributed by atoms with van der Waals surface area (Å²) < 4.78 is 11.5. The van der Waals surface area contributed by atoms with Gasteiger partial charge in [-0.05, 0) is 62.7 Å². The van der Waals surface area contributed by atoms with Crippen molar-refractivity contribution in [3.05, 3.63) is 41.7 Å². The molecule has 41 heavy (non-hydrogen) atoms. The molecule has 0 saturated heterocycles. The SMILES string of the molecule is CCCCCC(C(=O)NCNC(=O)c1ccc(-c2cc(CN(C)CC(=O)O)cc(OCC)c2)o1)C(CC)N(O)C=O. The second kappa shape index (κ2) is 17.0. The van der Waals surface area contributed by atoms with Gasteiger partial charge in [-0.3, -0.25) is 29.3 Å². The topological polar surface area (TPSA) is 162 Å². The van der Waals surface area contributed by atoms with Crippen molar-refractivity contribution < 1.29 is 38.6 Å².